The predicted octanol–water partition coefficient (Wildman–Crippen LogP) is 3.08. The molecule has 1 aliphatic carbocycles. The molecule has 1 atom stereocenters. The summed E-state index contributed by atoms with van der Waals surface area (Å²) in [7, 11) is 0. The molecule has 92 valence electrons. The van der Waals surface area contributed by atoms with Gasteiger partial charge in [-0.2, -0.15) is 0 Å². The Morgan fingerprint density at radius 3 is 2.24 bits per heavy atom. The Balaban J connectivity index is 2.26. The van der Waals surface area contributed by atoms with Gasteiger partial charge in [-0.15, -0.1) is 0 Å². The van der Waals surface area contributed by atoms with Gasteiger partial charge in [0.15, 0.2) is 11.6 Å². The van der Waals surface area contributed by atoms with Crippen molar-refractivity contribution in [1.82, 2.24) is 0 Å². The lowest BCUT2D eigenvalue weighted by molar-refractivity contribution is -0.385. The third kappa shape index (κ3) is 2.20. The van der Waals surface area contributed by atoms with E-state index in [1.807, 2.05) is 13.8 Å². The van der Waals surface area contributed by atoms with Gasteiger partial charge in [-0.05, 0) is 11.8 Å². The summed E-state index contributed by atoms with van der Waals surface area (Å²) in [4.78, 5) is 9.58. The maximum Gasteiger partial charge on any atom is 0.275 e. The summed E-state index contributed by atoms with van der Waals surface area (Å²) in [5.74, 6) is -1.86. The summed E-state index contributed by atoms with van der Waals surface area (Å²) in [5.41, 5.74) is -0.854. The molecule has 0 saturated heterocycles. The molecule has 0 radical (unpaired) electrons. The fourth-order valence-electron chi connectivity index (χ4n) is 1.69. The quantitative estimate of drug-likeness (QED) is 0.654. The summed E-state index contributed by atoms with van der Waals surface area (Å²) in [6.07, 6.45) is 0.822. The van der Waals surface area contributed by atoms with Gasteiger partial charge < -0.3 is 5.32 Å². The van der Waals surface area contributed by atoms with Crippen LogP contribution in [0.25, 0.3) is 0 Å². The standard InChI is InChI=1S/C11H12F2N2O2/c1-11(2)5-9(11)14-10-7(12)3-6(15(16)17)4-8(10)13/h3-4,9,14H,5H2,1-2H3. The number of nitro benzene ring substituents is 1. The molecule has 1 aromatic carbocycles. The minimum atomic E-state index is -0.931. The number of hydrogen-bond acceptors (Lipinski definition) is 3. The number of rotatable bonds is 3. The fraction of sp³-hybridized carbons (Fsp3) is 0.455. The summed E-state index contributed by atoms with van der Waals surface area (Å²) < 4.78 is 27.0. The molecule has 0 aromatic heterocycles. The molecule has 1 N–H and O–H groups in total. The summed E-state index contributed by atoms with van der Waals surface area (Å²) in [6.45, 7) is 3.96. The Labute approximate surface area is 96.8 Å². The average molecular weight is 242 g/mol. The van der Waals surface area contributed by atoms with E-state index in [4.69, 9.17) is 0 Å². The number of anilines is 1. The molecule has 0 bridgehead atoms. The SMILES string of the molecule is CC1(C)CC1Nc1c(F)cc([N+](=O)[O-])cc1F. The van der Waals surface area contributed by atoms with Crippen molar-refractivity contribution in [3.05, 3.63) is 33.9 Å². The second kappa shape index (κ2) is 3.65. The van der Waals surface area contributed by atoms with Gasteiger partial charge in [-0.25, -0.2) is 8.78 Å². The van der Waals surface area contributed by atoms with Crippen LogP contribution in [0.3, 0.4) is 0 Å². The number of hydrogen-bond donors (Lipinski definition) is 1. The first kappa shape index (κ1) is 11.8. The Morgan fingerprint density at radius 1 is 1.41 bits per heavy atom. The number of non-ortho nitro benzene ring substituents is 1. The molecule has 1 saturated carbocycles. The second-order valence-electron chi connectivity index (χ2n) is 4.93. The van der Waals surface area contributed by atoms with Crippen LogP contribution in [0.15, 0.2) is 12.1 Å². The van der Waals surface area contributed by atoms with Gasteiger partial charge in [-0.3, -0.25) is 10.1 Å². The van der Waals surface area contributed by atoms with Crippen molar-refractivity contribution < 1.29 is 13.7 Å². The predicted molar refractivity (Wildman–Crippen MR) is 58.8 cm³/mol. The van der Waals surface area contributed by atoms with E-state index in [1.165, 1.54) is 0 Å². The number of nitrogens with one attached hydrogen (secondary N) is 1. The van der Waals surface area contributed by atoms with E-state index < -0.39 is 22.2 Å². The highest BCUT2D eigenvalue weighted by atomic mass is 19.1. The van der Waals surface area contributed by atoms with E-state index in [0.717, 1.165) is 18.6 Å². The van der Waals surface area contributed by atoms with Crippen LogP contribution in [0, 0.1) is 27.2 Å². The molecule has 1 aliphatic rings. The number of nitro groups is 1. The first-order valence-corrected chi connectivity index (χ1v) is 5.21. The van der Waals surface area contributed by atoms with Crippen LogP contribution < -0.4 is 5.32 Å². The van der Waals surface area contributed by atoms with Gasteiger partial charge in [0.25, 0.3) is 5.69 Å². The molecule has 1 aromatic rings. The Hall–Kier alpha value is -1.72. The summed E-state index contributed by atoms with van der Waals surface area (Å²) in [6, 6.07) is 1.45. The maximum atomic E-state index is 13.5. The zero-order valence-corrected chi connectivity index (χ0v) is 9.46. The van der Waals surface area contributed by atoms with E-state index in [9.17, 15) is 18.9 Å². The normalized spacial score (nSPS) is 21.1. The second-order valence-corrected chi connectivity index (χ2v) is 4.93. The third-order valence-electron chi connectivity index (χ3n) is 3.07. The molecule has 2 rings (SSSR count). The summed E-state index contributed by atoms with van der Waals surface area (Å²) in [5, 5.41) is 13.1. The van der Waals surface area contributed by atoms with Crippen molar-refractivity contribution in [2.45, 2.75) is 26.3 Å². The first-order valence-electron chi connectivity index (χ1n) is 5.21. The molecule has 1 fully saturated rings. The van der Waals surface area contributed by atoms with Gasteiger partial charge in [0.1, 0.15) is 5.69 Å². The first-order chi connectivity index (χ1) is 7.81. The van der Waals surface area contributed by atoms with E-state index in [0.29, 0.717) is 0 Å². The van der Waals surface area contributed by atoms with Crippen molar-refractivity contribution >= 4 is 11.4 Å². The Morgan fingerprint density at radius 2 is 1.88 bits per heavy atom. The van der Waals surface area contributed by atoms with E-state index in [-0.39, 0.29) is 17.1 Å². The smallest absolute Gasteiger partial charge is 0.275 e. The van der Waals surface area contributed by atoms with E-state index in [2.05, 4.69) is 5.32 Å². The fourth-order valence-corrected chi connectivity index (χ4v) is 1.69. The van der Waals surface area contributed by atoms with Gasteiger partial charge in [0, 0.05) is 6.04 Å². The van der Waals surface area contributed by atoms with Gasteiger partial charge >= 0.3 is 0 Å². The largest absolute Gasteiger partial charge is 0.377 e. The van der Waals surface area contributed by atoms with Crippen LogP contribution in [-0.4, -0.2) is 11.0 Å². The summed E-state index contributed by atoms with van der Waals surface area (Å²) >= 11 is 0. The molecule has 1 unspecified atom stereocenters. The highest BCUT2D eigenvalue weighted by molar-refractivity contribution is 5.53. The van der Waals surface area contributed by atoms with Gasteiger partial charge in [0.05, 0.1) is 17.1 Å². The van der Waals surface area contributed by atoms with Crippen molar-refractivity contribution in [1.29, 1.82) is 0 Å². The number of halogens is 2. The van der Waals surface area contributed by atoms with Gasteiger partial charge in [-0.1, -0.05) is 13.8 Å². The van der Waals surface area contributed by atoms with Crippen LogP contribution in [0.5, 0.6) is 0 Å². The molecule has 0 heterocycles. The lowest BCUT2D eigenvalue weighted by Crippen LogP contribution is -2.11. The molecule has 0 amide bonds. The zero-order chi connectivity index (χ0) is 12.8. The van der Waals surface area contributed by atoms with Crippen molar-refractivity contribution in [3.63, 3.8) is 0 Å². The van der Waals surface area contributed by atoms with Gasteiger partial charge in [0.2, 0.25) is 0 Å². The van der Waals surface area contributed by atoms with Crippen LogP contribution in [-0.2, 0) is 0 Å². The lowest BCUT2D eigenvalue weighted by atomic mass is 10.2. The minimum absolute atomic E-state index is 0.00737. The minimum Gasteiger partial charge on any atom is -0.377 e. The molecular weight excluding hydrogens is 230 g/mol. The molecule has 17 heavy (non-hydrogen) atoms. The lowest BCUT2D eigenvalue weighted by Gasteiger charge is -2.10. The molecule has 6 heteroatoms. The van der Waals surface area contributed by atoms with Crippen LogP contribution >= 0.6 is 0 Å². The van der Waals surface area contributed by atoms with Crippen molar-refractivity contribution in [2.75, 3.05) is 5.32 Å². The van der Waals surface area contributed by atoms with Crippen molar-refractivity contribution in [3.8, 4) is 0 Å². The number of benzene rings is 1. The Kier molecular flexibility index (Phi) is 2.52. The zero-order valence-electron chi connectivity index (χ0n) is 9.46. The molecule has 0 aliphatic heterocycles. The maximum absolute atomic E-state index is 13.5. The van der Waals surface area contributed by atoms with Crippen LogP contribution in [0.1, 0.15) is 20.3 Å². The molecular formula is C11H12F2N2O2. The third-order valence-corrected chi connectivity index (χ3v) is 3.07. The highest BCUT2D eigenvalue weighted by Crippen LogP contribution is 2.47. The van der Waals surface area contributed by atoms with Crippen molar-refractivity contribution in [2.24, 2.45) is 5.41 Å². The van der Waals surface area contributed by atoms with Crippen LogP contribution in [0.2, 0.25) is 0 Å². The highest BCUT2D eigenvalue weighted by Gasteiger charge is 2.46. The monoisotopic (exact) mass is 242 g/mol. The average Bonchev–Trinajstić information content (AvgIpc) is 2.79. The number of nitrogens with zero attached hydrogens (tertiary/aromatic N) is 1. The topological polar surface area (TPSA) is 55.2 Å². The van der Waals surface area contributed by atoms with Crippen LogP contribution in [0.4, 0.5) is 20.2 Å². The molecule has 0 spiro atoms. The van der Waals surface area contributed by atoms with E-state index in [1.54, 1.807) is 0 Å². The Bertz CT molecular complexity index is 465. The molecule has 4 nitrogen and oxygen atoms in total. The van der Waals surface area contributed by atoms with E-state index >= 15 is 0 Å².